The summed E-state index contributed by atoms with van der Waals surface area (Å²) < 4.78 is 10.4. The zero-order chi connectivity index (χ0) is 18.1. The Kier molecular flexibility index (Phi) is 6.53. The molecule has 25 heavy (non-hydrogen) atoms. The van der Waals surface area contributed by atoms with Crippen LogP contribution >= 0.6 is 0 Å². The zero-order valence-corrected chi connectivity index (χ0v) is 14.0. The molecule has 2 aromatic rings. The first-order valence-corrected chi connectivity index (χ1v) is 7.63. The molecule has 0 aliphatic carbocycles. The van der Waals surface area contributed by atoms with Gasteiger partial charge in [-0.1, -0.05) is 12.1 Å². The number of nitrogens with one attached hydrogen (secondary N) is 2. The summed E-state index contributed by atoms with van der Waals surface area (Å²) in [6.07, 6.45) is 1.43. The minimum Gasteiger partial charge on any atom is -0.497 e. The molecule has 0 aromatic heterocycles. The molecule has 0 aliphatic heterocycles. The highest BCUT2D eigenvalue weighted by atomic mass is 16.5. The maximum absolute atomic E-state index is 11.8. The number of benzene rings is 2. The fraction of sp³-hybridized carbons (Fsp3) is 0.167. The van der Waals surface area contributed by atoms with Gasteiger partial charge >= 0.3 is 11.8 Å². The molecule has 7 heteroatoms. The van der Waals surface area contributed by atoms with Crippen molar-refractivity contribution in [2.45, 2.75) is 6.92 Å². The molecular weight excluding hydrogens is 322 g/mol. The fourth-order valence-corrected chi connectivity index (χ4v) is 1.93. The van der Waals surface area contributed by atoms with Gasteiger partial charge in [0.05, 0.1) is 19.9 Å². The largest absolute Gasteiger partial charge is 0.497 e. The summed E-state index contributed by atoms with van der Waals surface area (Å²) in [5, 5.41) is 6.24. The molecule has 2 N–H and O–H groups in total. The Morgan fingerprint density at radius 1 is 1.08 bits per heavy atom. The van der Waals surface area contributed by atoms with Crippen molar-refractivity contribution in [3.63, 3.8) is 0 Å². The Morgan fingerprint density at radius 2 is 1.84 bits per heavy atom. The maximum Gasteiger partial charge on any atom is 0.329 e. The van der Waals surface area contributed by atoms with Crippen LogP contribution in [0.5, 0.6) is 11.5 Å². The summed E-state index contributed by atoms with van der Waals surface area (Å²) in [4.78, 5) is 23.5. The van der Waals surface area contributed by atoms with E-state index in [-0.39, 0.29) is 0 Å². The normalized spacial score (nSPS) is 10.3. The summed E-state index contributed by atoms with van der Waals surface area (Å²) in [6, 6.07) is 13.8. The van der Waals surface area contributed by atoms with Gasteiger partial charge in [-0.2, -0.15) is 5.10 Å². The average Bonchev–Trinajstić information content (AvgIpc) is 2.63. The van der Waals surface area contributed by atoms with Crippen LogP contribution in [0.15, 0.2) is 53.6 Å². The zero-order valence-electron chi connectivity index (χ0n) is 14.0. The highest BCUT2D eigenvalue weighted by Gasteiger charge is 2.12. The summed E-state index contributed by atoms with van der Waals surface area (Å²) >= 11 is 0. The van der Waals surface area contributed by atoms with Gasteiger partial charge in [0.2, 0.25) is 0 Å². The molecule has 0 bridgehead atoms. The van der Waals surface area contributed by atoms with E-state index >= 15 is 0 Å². The molecule has 130 valence electrons. The molecule has 2 aromatic carbocycles. The molecule has 0 saturated carbocycles. The summed E-state index contributed by atoms with van der Waals surface area (Å²) in [5.74, 6) is -0.324. The average molecular weight is 341 g/mol. The van der Waals surface area contributed by atoms with Crippen molar-refractivity contribution in [2.24, 2.45) is 5.10 Å². The first-order valence-electron chi connectivity index (χ1n) is 7.63. The molecule has 7 nitrogen and oxygen atoms in total. The highest BCUT2D eigenvalue weighted by molar-refractivity contribution is 6.39. The van der Waals surface area contributed by atoms with Crippen LogP contribution in [0.1, 0.15) is 12.5 Å². The lowest BCUT2D eigenvalue weighted by atomic mass is 10.2. The molecule has 0 atom stereocenters. The Morgan fingerprint density at radius 3 is 2.52 bits per heavy atom. The first kappa shape index (κ1) is 18.0. The third-order valence-corrected chi connectivity index (χ3v) is 3.10. The Bertz CT molecular complexity index is 757. The molecule has 0 heterocycles. The predicted octanol–water partition coefficient (Wildman–Crippen LogP) is 2.18. The number of methoxy groups -OCH3 is 1. The van der Waals surface area contributed by atoms with Crippen LogP contribution in [-0.2, 0) is 9.59 Å². The number of amides is 2. The highest BCUT2D eigenvalue weighted by Crippen LogP contribution is 2.14. The van der Waals surface area contributed by atoms with Crippen LogP contribution in [0.4, 0.5) is 5.69 Å². The number of hydrogen-bond acceptors (Lipinski definition) is 5. The number of anilines is 1. The number of hydrogen-bond donors (Lipinski definition) is 2. The van der Waals surface area contributed by atoms with Crippen molar-refractivity contribution < 1.29 is 19.1 Å². The summed E-state index contributed by atoms with van der Waals surface area (Å²) in [5.41, 5.74) is 3.40. The van der Waals surface area contributed by atoms with Crippen molar-refractivity contribution in [2.75, 3.05) is 19.0 Å². The smallest absolute Gasteiger partial charge is 0.329 e. The summed E-state index contributed by atoms with van der Waals surface area (Å²) in [6.45, 7) is 2.45. The molecule has 0 aliphatic rings. The fourth-order valence-electron chi connectivity index (χ4n) is 1.93. The predicted molar refractivity (Wildman–Crippen MR) is 95.0 cm³/mol. The van der Waals surface area contributed by atoms with Crippen LogP contribution in [0.3, 0.4) is 0 Å². The van der Waals surface area contributed by atoms with E-state index in [2.05, 4.69) is 15.8 Å². The van der Waals surface area contributed by atoms with E-state index in [1.807, 2.05) is 19.1 Å². The lowest BCUT2D eigenvalue weighted by Crippen LogP contribution is -2.32. The third kappa shape index (κ3) is 5.65. The van der Waals surface area contributed by atoms with Gasteiger partial charge in [0, 0.05) is 5.69 Å². The molecular formula is C18H19N3O4. The van der Waals surface area contributed by atoms with Gasteiger partial charge < -0.3 is 14.8 Å². The SMILES string of the molecule is CCOc1cccc(/C=N\NC(=O)C(=O)Nc2ccc(OC)cc2)c1. The van der Waals surface area contributed by atoms with E-state index in [9.17, 15) is 9.59 Å². The molecule has 0 fully saturated rings. The molecule has 0 radical (unpaired) electrons. The van der Waals surface area contributed by atoms with Gasteiger partial charge in [-0.15, -0.1) is 0 Å². The van der Waals surface area contributed by atoms with E-state index in [4.69, 9.17) is 9.47 Å². The van der Waals surface area contributed by atoms with Gasteiger partial charge in [-0.25, -0.2) is 5.43 Å². The number of nitrogens with zero attached hydrogens (tertiary/aromatic N) is 1. The Labute approximate surface area is 145 Å². The monoisotopic (exact) mass is 341 g/mol. The van der Waals surface area contributed by atoms with Crippen LogP contribution in [0.25, 0.3) is 0 Å². The van der Waals surface area contributed by atoms with Gasteiger partial charge in [-0.05, 0) is 48.9 Å². The number of carbonyl (C=O) groups excluding carboxylic acids is 2. The van der Waals surface area contributed by atoms with E-state index in [1.165, 1.54) is 6.21 Å². The number of rotatable bonds is 6. The van der Waals surface area contributed by atoms with Gasteiger partial charge in [0.1, 0.15) is 11.5 Å². The van der Waals surface area contributed by atoms with Crippen molar-refractivity contribution in [3.8, 4) is 11.5 Å². The second-order valence-electron chi connectivity index (χ2n) is 4.89. The van der Waals surface area contributed by atoms with Gasteiger partial charge in [0.15, 0.2) is 0 Å². The number of ether oxygens (including phenoxy) is 2. The summed E-state index contributed by atoms with van der Waals surface area (Å²) in [7, 11) is 1.54. The van der Waals surface area contributed by atoms with E-state index in [1.54, 1.807) is 43.5 Å². The molecule has 0 saturated heterocycles. The quantitative estimate of drug-likeness (QED) is 0.479. The van der Waals surface area contributed by atoms with Crippen LogP contribution in [0.2, 0.25) is 0 Å². The first-order chi connectivity index (χ1) is 12.1. The van der Waals surface area contributed by atoms with Crippen LogP contribution < -0.4 is 20.2 Å². The molecule has 2 amide bonds. The minimum absolute atomic E-state index is 0.481. The Hall–Kier alpha value is -3.35. The third-order valence-electron chi connectivity index (χ3n) is 3.10. The number of hydrazone groups is 1. The van der Waals surface area contributed by atoms with Gasteiger partial charge in [-0.3, -0.25) is 9.59 Å². The second-order valence-corrected chi connectivity index (χ2v) is 4.89. The molecule has 2 rings (SSSR count). The lowest BCUT2D eigenvalue weighted by Gasteiger charge is -2.05. The number of carbonyl (C=O) groups is 2. The topological polar surface area (TPSA) is 89.0 Å². The second kappa shape index (κ2) is 9.07. The standard InChI is InChI=1S/C18H19N3O4/c1-3-25-16-6-4-5-13(11-16)12-19-21-18(23)17(22)20-14-7-9-15(24-2)10-8-14/h4-12H,3H2,1-2H3,(H,20,22)(H,21,23)/b19-12-. The van der Waals surface area contributed by atoms with E-state index in [0.717, 1.165) is 5.56 Å². The molecule has 0 spiro atoms. The van der Waals surface area contributed by atoms with Crippen molar-refractivity contribution in [1.82, 2.24) is 5.43 Å². The van der Waals surface area contributed by atoms with Crippen molar-refractivity contribution >= 4 is 23.7 Å². The van der Waals surface area contributed by atoms with Crippen LogP contribution in [-0.4, -0.2) is 31.7 Å². The maximum atomic E-state index is 11.8. The van der Waals surface area contributed by atoms with E-state index in [0.29, 0.717) is 23.8 Å². The Balaban J connectivity index is 1.88. The van der Waals surface area contributed by atoms with Crippen molar-refractivity contribution in [1.29, 1.82) is 0 Å². The lowest BCUT2D eigenvalue weighted by molar-refractivity contribution is -0.136. The molecule has 0 unspecified atom stereocenters. The minimum atomic E-state index is -0.868. The van der Waals surface area contributed by atoms with Gasteiger partial charge in [0.25, 0.3) is 0 Å². The van der Waals surface area contributed by atoms with Crippen LogP contribution in [0, 0.1) is 0 Å². The van der Waals surface area contributed by atoms with E-state index < -0.39 is 11.8 Å². The van der Waals surface area contributed by atoms with Crippen molar-refractivity contribution in [3.05, 3.63) is 54.1 Å².